The van der Waals surface area contributed by atoms with Gasteiger partial charge in [-0.1, -0.05) is 29.0 Å². The second-order valence-electron chi connectivity index (χ2n) is 5.18. The molecule has 0 radical (unpaired) electrons. The zero-order valence-corrected chi connectivity index (χ0v) is 13.5. The van der Waals surface area contributed by atoms with Gasteiger partial charge in [-0.05, 0) is 29.4 Å². The summed E-state index contributed by atoms with van der Waals surface area (Å²) in [6, 6.07) is 13.9. The molecule has 0 atom stereocenters. The van der Waals surface area contributed by atoms with Crippen molar-refractivity contribution in [3.05, 3.63) is 59.8 Å². The Labute approximate surface area is 135 Å². The third-order valence-corrected chi connectivity index (χ3v) is 3.81. The lowest BCUT2D eigenvalue weighted by Gasteiger charge is -2.07. The molecule has 0 spiro atoms. The summed E-state index contributed by atoms with van der Waals surface area (Å²) >= 11 is 0. The molecular weight excluding hydrogens is 288 g/mol. The van der Waals surface area contributed by atoms with Gasteiger partial charge in [-0.15, -0.1) is 0 Å². The molecule has 0 aliphatic rings. The Morgan fingerprint density at radius 2 is 1.74 bits per heavy atom. The number of methoxy groups -OCH3 is 2. The van der Waals surface area contributed by atoms with Crippen molar-refractivity contribution in [3.63, 3.8) is 0 Å². The van der Waals surface area contributed by atoms with Crippen LogP contribution in [0.5, 0.6) is 11.5 Å². The number of hydrogen-bond acceptors (Lipinski definition) is 3. The van der Waals surface area contributed by atoms with Crippen molar-refractivity contribution >= 4 is 23.1 Å². The first kappa shape index (κ1) is 15.0. The molecule has 0 aliphatic heterocycles. The molecule has 0 aliphatic carbocycles. The van der Waals surface area contributed by atoms with Crippen molar-refractivity contribution in [3.8, 4) is 11.5 Å². The molecule has 0 bridgehead atoms. The van der Waals surface area contributed by atoms with E-state index in [4.69, 9.17) is 9.47 Å². The molecule has 0 unspecified atom stereocenters. The minimum Gasteiger partial charge on any atom is -0.497 e. The lowest BCUT2D eigenvalue weighted by molar-refractivity contribution is -0.705. The fourth-order valence-electron chi connectivity index (χ4n) is 2.56. The van der Waals surface area contributed by atoms with Crippen LogP contribution in [0.15, 0.2) is 48.7 Å². The van der Waals surface area contributed by atoms with Gasteiger partial charge in [-0.2, -0.15) is 0 Å². The smallest absolute Gasteiger partial charge is 0.239 e. The molecule has 4 heteroatoms. The summed E-state index contributed by atoms with van der Waals surface area (Å²) in [5.74, 6) is 1.61. The second-order valence-corrected chi connectivity index (χ2v) is 5.18. The molecule has 0 amide bonds. The normalized spacial score (nSPS) is 11.1. The molecule has 3 aromatic rings. The van der Waals surface area contributed by atoms with E-state index in [2.05, 4.69) is 17.2 Å². The molecule has 4 nitrogen and oxygen atoms in total. The van der Waals surface area contributed by atoms with Gasteiger partial charge in [-0.3, -0.25) is 0 Å². The lowest BCUT2D eigenvalue weighted by Crippen LogP contribution is -2.33. The van der Waals surface area contributed by atoms with Crippen LogP contribution in [0.4, 0.5) is 0 Å². The zero-order chi connectivity index (χ0) is 16.2. The number of ether oxygens (including phenoxy) is 2. The van der Waals surface area contributed by atoms with Crippen molar-refractivity contribution in [2.75, 3.05) is 14.2 Å². The van der Waals surface area contributed by atoms with Gasteiger partial charge in [0.1, 0.15) is 17.7 Å². The van der Waals surface area contributed by atoms with E-state index < -0.39 is 0 Å². The highest BCUT2D eigenvalue weighted by molar-refractivity contribution is 5.88. The van der Waals surface area contributed by atoms with Crippen LogP contribution in [-0.2, 0) is 7.05 Å². The van der Waals surface area contributed by atoms with Crippen LogP contribution in [-0.4, -0.2) is 19.3 Å². The van der Waals surface area contributed by atoms with E-state index in [9.17, 15) is 0 Å². The van der Waals surface area contributed by atoms with E-state index in [0.29, 0.717) is 0 Å². The van der Waals surface area contributed by atoms with Crippen molar-refractivity contribution in [1.82, 2.24) is 5.10 Å². The van der Waals surface area contributed by atoms with Gasteiger partial charge in [0.05, 0.1) is 19.6 Å². The van der Waals surface area contributed by atoms with Crippen molar-refractivity contribution < 1.29 is 14.2 Å². The van der Waals surface area contributed by atoms with Gasteiger partial charge in [0.15, 0.2) is 7.05 Å². The molecule has 3 rings (SSSR count). The summed E-state index contributed by atoms with van der Waals surface area (Å²) in [6.07, 6.45) is 5.93. The van der Waals surface area contributed by atoms with Crippen molar-refractivity contribution in [2.24, 2.45) is 7.05 Å². The van der Waals surface area contributed by atoms with Crippen LogP contribution >= 0.6 is 0 Å². The first-order valence-corrected chi connectivity index (χ1v) is 7.37. The van der Waals surface area contributed by atoms with E-state index in [-0.39, 0.29) is 0 Å². The van der Waals surface area contributed by atoms with Crippen LogP contribution in [0.25, 0.3) is 23.1 Å². The third-order valence-electron chi connectivity index (χ3n) is 3.81. The van der Waals surface area contributed by atoms with Gasteiger partial charge in [-0.25, -0.2) is 0 Å². The molecule has 0 saturated carbocycles. The number of benzene rings is 2. The number of aryl methyl sites for hydroxylation is 1. The fourth-order valence-corrected chi connectivity index (χ4v) is 2.56. The Bertz CT molecular complexity index is 872. The average Bonchev–Trinajstić information content (AvgIpc) is 2.61. The summed E-state index contributed by atoms with van der Waals surface area (Å²) in [5, 5.41) is 5.56. The maximum atomic E-state index is 5.41. The van der Waals surface area contributed by atoms with Crippen molar-refractivity contribution in [1.29, 1.82) is 0 Å². The van der Waals surface area contributed by atoms with E-state index >= 15 is 0 Å². The number of rotatable bonds is 4. The quantitative estimate of drug-likeness (QED) is 0.694. The molecule has 0 N–H and O–H groups in total. The van der Waals surface area contributed by atoms with Crippen LogP contribution in [0, 0.1) is 0 Å². The Morgan fingerprint density at radius 1 is 0.957 bits per heavy atom. The Hall–Kier alpha value is -2.88. The largest absolute Gasteiger partial charge is 0.497 e. The molecular formula is C19H19N2O2+. The van der Waals surface area contributed by atoms with Gasteiger partial charge < -0.3 is 9.47 Å². The predicted molar refractivity (Wildman–Crippen MR) is 91.4 cm³/mol. The van der Waals surface area contributed by atoms with E-state index in [0.717, 1.165) is 33.5 Å². The first-order chi connectivity index (χ1) is 11.2. The second kappa shape index (κ2) is 6.48. The highest BCUT2D eigenvalue weighted by Gasteiger charge is 2.09. The molecule has 2 aromatic carbocycles. The fraction of sp³-hybridized carbons (Fsp3) is 0.158. The van der Waals surface area contributed by atoms with Gasteiger partial charge in [0, 0.05) is 17.2 Å². The van der Waals surface area contributed by atoms with Crippen LogP contribution in [0.1, 0.15) is 11.1 Å². The van der Waals surface area contributed by atoms with Gasteiger partial charge in [0.25, 0.3) is 0 Å². The molecule has 116 valence electrons. The Morgan fingerprint density at radius 3 is 2.52 bits per heavy atom. The first-order valence-electron chi connectivity index (χ1n) is 7.37. The highest BCUT2D eigenvalue weighted by Crippen LogP contribution is 2.26. The molecule has 0 saturated heterocycles. The minimum atomic E-state index is 0.799. The monoisotopic (exact) mass is 307 g/mol. The van der Waals surface area contributed by atoms with E-state index in [1.165, 1.54) is 0 Å². The number of hydrogen-bond donors (Lipinski definition) is 0. The van der Waals surface area contributed by atoms with E-state index in [1.807, 2.05) is 60.4 Å². The third kappa shape index (κ3) is 3.01. The number of fused-ring (bicyclic) bond motifs is 1. The average molecular weight is 307 g/mol. The maximum absolute atomic E-state index is 5.41. The van der Waals surface area contributed by atoms with Gasteiger partial charge >= 0.3 is 0 Å². The molecule has 1 aromatic heterocycles. The van der Waals surface area contributed by atoms with Crippen LogP contribution < -0.4 is 14.2 Å². The summed E-state index contributed by atoms with van der Waals surface area (Å²) in [7, 11) is 5.27. The lowest BCUT2D eigenvalue weighted by atomic mass is 10.1. The molecule has 1 heterocycles. The highest BCUT2D eigenvalue weighted by atomic mass is 16.5. The standard InChI is InChI=1S/C19H19N2O2/c1-21-18-7-5-4-6-17(18)15(13-20-21)9-8-14-12-16(22-2)10-11-19(14)23-3/h4-13H,1-3H3/q+1. The maximum Gasteiger partial charge on any atom is 0.239 e. The topological polar surface area (TPSA) is 35.2 Å². The summed E-state index contributed by atoms with van der Waals surface area (Å²) in [5.41, 5.74) is 3.11. The molecule has 23 heavy (non-hydrogen) atoms. The van der Waals surface area contributed by atoms with Gasteiger partial charge in [0.2, 0.25) is 5.52 Å². The summed E-state index contributed by atoms with van der Waals surface area (Å²) in [6.45, 7) is 0. The number of para-hydroxylation sites is 1. The number of aromatic nitrogens is 2. The molecule has 0 fully saturated rings. The number of nitrogens with zero attached hydrogens (tertiary/aromatic N) is 2. The van der Waals surface area contributed by atoms with E-state index in [1.54, 1.807) is 14.2 Å². The minimum absolute atomic E-state index is 0.799. The van der Waals surface area contributed by atoms with Crippen LogP contribution in [0.2, 0.25) is 0 Å². The SMILES string of the molecule is COc1ccc(OC)c(C=Cc2cn[n+](C)c3ccccc23)c1. The Balaban J connectivity index is 2.06. The Kier molecular flexibility index (Phi) is 4.24. The zero-order valence-electron chi connectivity index (χ0n) is 13.5. The summed E-state index contributed by atoms with van der Waals surface area (Å²) in [4.78, 5) is 0. The predicted octanol–water partition coefficient (Wildman–Crippen LogP) is 3.25. The summed E-state index contributed by atoms with van der Waals surface area (Å²) < 4.78 is 12.6. The van der Waals surface area contributed by atoms with Crippen molar-refractivity contribution in [2.45, 2.75) is 0 Å². The van der Waals surface area contributed by atoms with Crippen LogP contribution in [0.3, 0.4) is 0 Å².